The van der Waals surface area contributed by atoms with Crippen molar-refractivity contribution in [3.8, 4) is 0 Å². The fourth-order valence-corrected chi connectivity index (χ4v) is 4.94. The minimum absolute atomic E-state index is 0.0133. The number of aryl methyl sites for hydroxylation is 1. The van der Waals surface area contributed by atoms with Crippen LogP contribution in [0.15, 0.2) is 42.5 Å². The smallest absolute Gasteiger partial charge is 0.253 e. The van der Waals surface area contributed by atoms with E-state index in [-0.39, 0.29) is 11.8 Å². The van der Waals surface area contributed by atoms with E-state index in [0.717, 1.165) is 63.0 Å². The zero-order chi connectivity index (χ0) is 23.2. The fraction of sp³-hybridized carbons (Fsp3) is 0.481. The minimum atomic E-state index is -0.0830. The Morgan fingerprint density at radius 3 is 2.39 bits per heavy atom. The summed E-state index contributed by atoms with van der Waals surface area (Å²) >= 11 is 0. The van der Waals surface area contributed by atoms with Gasteiger partial charge in [0, 0.05) is 37.3 Å². The molecule has 0 aromatic heterocycles. The van der Waals surface area contributed by atoms with Crippen LogP contribution >= 0.6 is 0 Å². The molecule has 0 atom stereocenters. The van der Waals surface area contributed by atoms with Crippen molar-refractivity contribution in [1.82, 2.24) is 15.5 Å². The van der Waals surface area contributed by atoms with Gasteiger partial charge in [-0.25, -0.2) is 0 Å². The summed E-state index contributed by atoms with van der Waals surface area (Å²) in [5.41, 5.74) is 10.3. The van der Waals surface area contributed by atoms with Crippen molar-refractivity contribution < 1.29 is 9.59 Å². The number of nitrogens with two attached hydrogens (primary N) is 1. The third kappa shape index (κ3) is 5.81. The molecule has 0 radical (unpaired) electrons. The summed E-state index contributed by atoms with van der Waals surface area (Å²) in [4.78, 5) is 28.0. The normalized spacial score (nSPS) is 17.7. The first-order chi connectivity index (χ1) is 16.0. The van der Waals surface area contributed by atoms with Gasteiger partial charge in [-0.3, -0.25) is 9.59 Å². The van der Waals surface area contributed by atoms with Gasteiger partial charge in [-0.1, -0.05) is 30.3 Å². The number of carbonyl (C=O) groups is 2. The molecule has 2 aromatic rings. The van der Waals surface area contributed by atoms with Crippen molar-refractivity contribution in [3.63, 3.8) is 0 Å². The topological polar surface area (TPSA) is 87.5 Å². The van der Waals surface area contributed by atoms with Gasteiger partial charge < -0.3 is 21.3 Å². The summed E-state index contributed by atoms with van der Waals surface area (Å²) in [6.07, 6.45) is 4.07. The van der Waals surface area contributed by atoms with E-state index in [1.807, 2.05) is 24.0 Å². The van der Waals surface area contributed by atoms with E-state index in [1.54, 1.807) is 6.07 Å². The summed E-state index contributed by atoms with van der Waals surface area (Å²) in [6, 6.07) is 14.0. The molecule has 2 aromatic carbocycles. The van der Waals surface area contributed by atoms with Crippen LogP contribution in [0.25, 0.3) is 0 Å². The molecule has 2 aliphatic heterocycles. The van der Waals surface area contributed by atoms with Crippen molar-refractivity contribution in [1.29, 1.82) is 0 Å². The number of carbonyl (C=O) groups excluding carboxylic acids is 2. The van der Waals surface area contributed by atoms with Gasteiger partial charge in [-0.2, -0.15) is 0 Å². The Hall–Kier alpha value is -2.70. The predicted molar refractivity (Wildman–Crippen MR) is 131 cm³/mol. The van der Waals surface area contributed by atoms with E-state index in [2.05, 4.69) is 34.9 Å². The van der Waals surface area contributed by atoms with Crippen LogP contribution in [-0.2, 0) is 6.54 Å². The molecule has 6 heteroatoms. The second-order valence-electron chi connectivity index (χ2n) is 9.45. The Balaban J connectivity index is 1.35. The Kier molecular flexibility index (Phi) is 7.78. The quantitative estimate of drug-likeness (QED) is 0.633. The van der Waals surface area contributed by atoms with Gasteiger partial charge in [-0.15, -0.1) is 0 Å². The molecular weight excluding hydrogens is 412 g/mol. The van der Waals surface area contributed by atoms with E-state index >= 15 is 0 Å². The van der Waals surface area contributed by atoms with Crippen molar-refractivity contribution >= 4 is 11.8 Å². The van der Waals surface area contributed by atoms with Crippen molar-refractivity contribution in [2.24, 2.45) is 11.7 Å². The van der Waals surface area contributed by atoms with E-state index in [0.29, 0.717) is 36.1 Å². The summed E-state index contributed by atoms with van der Waals surface area (Å²) in [5.74, 6) is 0.919. The SMILES string of the molecule is Cc1ccc(C(=O)N2CCC(c3ccc(CN)cc3)CC2)cc1C(=O)NCC1CCNCC1. The Bertz CT molecular complexity index is 959. The zero-order valence-electron chi connectivity index (χ0n) is 19.6. The van der Waals surface area contributed by atoms with Gasteiger partial charge in [0.25, 0.3) is 11.8 Å². The molecule has 176 valence electrons. The lowest BCUT2D eigenvalue weighted by Crippen LogP contribution is -2.38. The molecule has 4 N–H and O–H groups in total. The molecule has 0 unspecified atom stereocenters. The van der Waals surface area contributed by atoms with Gasteiger partial charge in [0.1, 0.15) is 0 Å². The highest BCUT2D eigenvalue weighted by molar-refractivity contribution is 6.00. The molecule has 2 amide bonds. The third-order valence-electron chi connectivity index (χ3n) is 7.21. The van der Waals surface area contributed by atoms with Crippen LogP contribution in [0.1, 0.15) is 69.0 Å². The van der Waals surface area contributed by atoms with Crippen LogP contribution in [0, 0.1) is 12.8 Å². The third-order valence-corrected chi connectivity index (χ3v) is 7.21. The molecule has 0 spiro atoms. The number of hydrogen-bond donors (Lipinski definition) is 3. The number of nitrogens with one attached hydrogen (secondary N) is 2. The number of likely N-dealkylation sites (tertiary alicyclic amines) is 1. The van der Waals surface area contributed by atoms with Gasteiger partial charge >= 0.3 is 0 Å². The first-order valence-electron chi connectivity index (χ1n) is 12.2. The molecule has 2 fully saturated rings. The second-order valence-corrected chi connectivity index (χ2v) is 9.45. The number of rotatable bonds is 6. The zero-order valence-corrected chi connectivity index (χ0v) is 19.6. The predicted octanol–water partition coefficient (Wildman–Crippen LogP) is 3.20. The number of amides is 2. The van der Waals surface area contributed by atoms with E-state index < -0.39 is 0 Å². The van der Waals surface area contributed by atoms with Crippen LogP contribution < -0.4 is 16.4 Å². The molecule has 2 heterocycles. The van der Waals surface area contributed by atoms with E-state index in [9.17, 15) is 9.59 Å². The average Bonchev–Trinajstić information content (AvgIpc) is 2.88. The Labute approximate surface area is 196 Å². The molecule has 0 saturated carbocycles. The molecule has 0 bridgehead atoms. The van der Waals surface area contributed by atoms with Crippen molar-refractivity contribution in [2.45, 2.75) is 45.1 Å². The highest BCUT2D eigenvalue weighted by Gasteiger charge is 2.25. The highest BCUT2D eigenvalue weighted by atomic mass is 16.2. The maximum atomic E-state index is 13.2. The average molecular weight is 449 g/mol. The highest BCUT2D eigenvalue weighted by Crippen LogP contribution is 2.29. The number of benzene rings is 2. The Morgan fingerprint density at radius 2 is 1.73 bits per heavy atom. The van der Waals surface area contributed by atoms with Gasteiger partial charge in [-0.05, 0) is 86.4 Å². The Morgan fingerprint density at radius 1 is 1.03 bits per heavy atom. The van der Waals surface area contributed by atoms with Crippen molar-refractivity contribution in [3.05, 3.63) is 70.3 Å². The van der Waals surface area contributed by atoms with Crippen molar-refractivity contribution in [2.75, 3.05) is 32.7 Å². The maximum Gasteiger partial charge on any atom is 0.253 e. The molecule has 0 aliphatic carbocycles. The molecule has 4 rings (SSSR count). The largest absolute Gasteiger partial charge is 0.352 e. The van der Waals surface area contributed by atoms with E-state index in [4.69, 9.17) is 5.73 Å². The van der Waals surface area contributed by atoms with Gasteiger partial charge in [0.05, 0.1) is 0 Å². The molecular formula is C27H36N4O2. The first-order valence-corrected chi connectivity index (χ1v) is 12.2. The number of nitrogens with zero attached hydrogens (tertiary/aromatic N) is 1. The standard InChI is InChI=1S/C27H36N4O2/c1-19-2-5-24(16-25(19)26(32)30-18-21-8-12-29-13-9-21)27(33)31-14-10-23(11-15-31)22-6-3-20(17-28)4-7-22/h2-7,16,21,23,29H,8-15,17-18,28H2,1H3,(H,30,32). The summed E-state index contributed by atoms with van der Waals surface area (Å²) in [5, 5.41) is 6.44. The van der Waals surface area contributed by atoms with Crippen LogP contribution in [0.4, 0.5) is 0 Å². The number of piperidine rings is 2. The monoisotopic (exact) mass is 448 g/mol. The van der Waals surface area contributed by atoms with Crippen LogP contribution in [0.2, 0.25) is 0 Å². The second kappa shape index (κ2) is 10.9. The molecule has 33 heavy (non-hydrogen) atoms. The van der Waals surface area contributed by atoms with Crippen LogP contribution in [-0.4, -0.2) is 49.4 Å². The molecule has 2 aliphatic rings. The lowest BCUT2D eigenvalue weighted by Gasteiger charge is -2.32. The maximum absolute atomic E-state index is 13.2. The summed E-state index contributed by atoms with van der Waals surface area (Å²) in [7, 11) is 0. The lowest BCUT2D eigenvalue weighted by molar-refractivity contribution is 0.0713. The lowest BCUT2D eigenvalue weighted by atomic mass is 9.88. The first kappa shape index (κ1) is 23.5. The summed E-state index contributed by atoms with van der Waals surface area (Å²) < 4.78 is 0. The minimum Gasteiger partial charge on any atom is -0.352 e. The number of hydrogen-bond acceptors (Lipinski definition) is 4. The van der Waals surface area contributed by atoms with Gasteiger partial charge in [0.15, 0.2) is 0 Å². The summed E-state index contributed by atoms with van der Waals surface area (Å²) in [6.45, 7) is 6.66. The molecule has 6 nitrogen and oxygen atoms in total. The van der Waals surface area contributed by atoms with Gasteiger partial charge in [0.2, 0.25) is 0 Å². The van der Waals surface area contributed by atoms with Crippen LogP contribution in [0.5, 0.6) is 0 Å². The molecule has 2 saturated heterocycles. The van der Waals surface area contributed by atoms with Crippen LogP contribution in [0.3, 0.4) is 0 Å². The fourth-order valence-electron chi connectivity index (χ4n) is 4.94. The van der Waals surface area contributed by atoms with E-state index in [1.165, 1.54) is 5.56 Å².